The van der Waals surface area contributed by atoms with Crippen molar-refractivity contribution in [3.63, 3.8) is 0 Å². The van der Waals surface area contributed by atoms with E-state index in [2.05, 4.69) is 16.0 Å². The Morgan fingerprint density at radius 1 is 1.00 bits per heavy atom. The summed E-state index contributed by atoms with van der Waals surface area (Å²) in [6.07, 6.45) is 2.69. The van der Waals surface area contributed by atoms with Gasteiger partial charge in [0.15, 0.2) is 6.61 Å². The number of piperidine rings is 1. The summed E-state index contributed by atoms with van der Waals surface area (Å²) in [7, 11) is 0. The molecule has 0 radical (unpaired) electrons. The number of amides is 5. The summed E-state index contributed by atoms with van der Waals surface area (Å²) < 4.78 is 11.5. The molecule has 4 N–H and O–H groups in total. The molecular weight excluding hydrogens is 618 g/mol. The zero-order valence-electron chi connectivity index (χ0n) is 27.3. The molecule has 0 saturated carbocycles. The highest BCUT2D eigenvalue weighted by molar-refractivity contribution is 5.94. The topological polar surface area (TPSA) is 167 Å². The van der Waals surface area contributed by atoms with Crippen LogP contribution in [0.1, 0.15) is 43.7 Å². The number of carbonyl (C=O) groups excluding carboxylic acids is 5. The summed E-state index contributed by atoms with van der Waals surface area (Å²) >= 11 is 0. The van der Waals surface area contributed by atoms with E-state index in [4.69, 9.17) is 9.47 Å². The molecule has 5 amide bonds. The maximum atomic E-state index is 13.4. The number of hydrogen-bond acceptors (Lipinski definition) is 8. The van der Waals surface area contributed by atoms with Crippen LogP contribution >= 0.6 is 0 Å². The van der Waals surface area contributed by atoms with E-state index in [-0.39, 0.29) is 25.7 Å². The Morgan fingerprint density at radius 3 is 2.52 bits per heavy atom. The van der Waals surface area contributed by atoms with E-state index in [0.29, 0.717) is 64.1 Å². The molecule has 2 saturated heterocycles. The van der Waals surface area contributed by atoms with Crippen molar-refractivity contribution < 1.29 is 38.6 Å². The van der Waals surface area contributed by atoms with Gasteiger partial charge in [0.2, 0.25) is 23.6 Å². The molecule has 1 spiro atoms. The summed E-state index contributed by atoms with van der Waals surface area (Å²) in [5.41, 5.74) is 1.45. The number of rotatable bonds is 5. The highest BCUT2D eigenvalue weighted by Crippen LogP contribution is 2.36. The predicted octanol–water partition coefficient (Wildman–Crippen LogP) is 0.536. The monoisotopic (exact) mass is 663 g/mol. The van der Waals surface area contributed by atoms with Gasteiger partial charge in [0.1, 0.15) is 30.5 Å². The van der Waals surface area contributed by atoms with Gasteiger partial charge in [-0.15, -0.1) is 0 Å². The molecule has 3 atom stereocenters. The van der Waals surface area contributed by atoms with Gasteiger partial charge in [-0.25, -0.2) is 0 Å². The quantitative estimate of drug-likeness (QED) is 0.360. The van der Waals surface area contributed by atoms with Gasteiger partial charge >= 0.3 is 0 Å². The maximum absolute atomic E-state index is 13.4. The Balaban J connectivity index is 1.31. The van der Waals surface area contributed by atoms with Gasteiger partial charge in [-0.05, 0) is 67.7 Å². The smallest absolute Gasteiger partial charge is 0.258 e. The average Bonchev–Trinajstić information content (AvgIpc) is 3.59. The second kappa shape index (κ2) is 16.1. The summed E-state index contributed by atoms with van der Waals surface area (Å²) in [6.45, 7) is 2.43. The Morgan fingerprint density at radius 2 is 1.77 bits per heavy atom. The normalized spacial score (nSPS) is 23.9. The molecule has 2 aromatic carbocycles. The van der Waals surface area contributed by atoms with Gasteiger partial charge in [-0.2, -0.15) is 0 Å². The van der Waals surface area contributed by atoms with Gasteiger partial charge in [0, 0.05) is 26.2 Å². The highest BCUT2D eigenvalue weighted by Gasteiger charge is 2.39. The van der Waals surface area contributed by atoms with Crippen LogP contribution in [0, 0.1) is 5.41 Å². The third-order valence-corrected chi connectivity index (χ3v) is 9.40. The van der Waals surface area contributed by atoms with E-state index >= 15 is 0 Å². The minimum atomic E-state index is -1.22. The first kappa shape index (κ1) is 34.8. The molecule has 3 heterocycles. The van der Waals surface area contributed by atoms with Crippen molar-refractivity contribution in [2.45, 2.75) is 63.8 Å². The molecule has 0 unspecified atom stereocenters. The fourth-order valence-corrected chi connectivity index (χ4v) is 6.65. The first-order valence-electron chi connectivity index (χ1n) is 16.6. The van der Waals surface area contributed by atoms with Crippen LogP contribution in [0.3, 0.4) is 0 Å². The molecule has 48 heavy (non-hydrogen) atoms. The van der Waals surface area contributed by atoms with E-state index < -0.39 is 53.8 Å². The molecule has 3 aliphatic rings. The van der Waals surface area contributed by atoms with Crippen LogP contribution in [0.25, 0.3) is 0 Å². The highest BCUT2D eigenvalue weighted by atomic mass is 16.5. The Kier molecular flexibility index (Phi) is 11.7. The summed E-state index contributed by atoms with van der Waals surface area (Å²) in [6, 6.07) is 14.1. The van der Waals surface area contributed by atoms with Crippen molar-refractivity contribution >= 4 is 29.5 Å². The molecular formula is C35H45N5O8. The van der Waals surface area contributed by atoms with E-state index in [1.807, 2.05) is 48.5 Å². The standard InChI is InChI=1S/C35H45N5O8/c1-24-34(46)40-14-6-11-29(40)33(45)38-28(19-41)32(44)36-23-35(18-26-9-5-10-27(17-26)48-21-30(42)37-24)12-15-39(16-13-35)31(43)22-47-20-25-7-3-2-4-8-25/h2-5,7-10,17,24,28-29,41H,6,11-16,18-23H2,1H3,(H,36,44)(H,37,42)(H,38,45)/t24-,28-,29-/m0/s1. The number of aliphatic hydroxyl groups is 1. The van der Waals surface area contributed by atoms with Crippen LogP contribution < -0.4 is 20.7 Å². The van der Waals surface area contributed by atoms with Gasteiger partial charge in [0.05, 0.1) is 13.2 Å². The van der Waals surface area contributed by atoms with Crippen LogP contribution in [0.15, 0.2) is 54.6 Å². The number of ether oxygens (including phenoxy) is 2. The lowest BCUT2D eigenvalue weighted by molar-refractivity contribution is -0.142. The van der Waals surface area contributed by atoms with Crippen LogP contribution in [-0.4, -0.2) is 109 Å². The average molecular weight is 664 g/mol. The molecule has 2 fully saturated rings. The molecule has 2 aromatic rings. The summed E-state index contributed by atoms with van der Waals surface area (Å²) in [5.74, 6) is -1.59. The van der Waals surface area contributed by atoms with Crippen LogP contribution in [0.2, 0.25) is 0 Å². The number of nitrogens with one attached hydrogen (secondary N) is 3. The molecule has 2 bridgehead atoms. The number of aliphatic hydroxyl groups excluding tert-OH is 1. The van der Waals surface area contributed by atoms with E-state index in [1.165, 1.54) is 4.90 Å². The van der Waals surface area contributed by atoms with E-state index in [1.54, 1.807) is 17.9 Å². The van der Waals surface area contributed by atoms with Gasteiger partial charge in [-0.1, -0.05) is 42.5 Å². The Labute approximate surface area is 280 Å². The predicted molar refractivity (Wildman–Crippen MR) is 174 cm³/mol. The summed E-state index contributed by atoms with van der Waals surface area (Å²) in [5, 5.41) is 18.3. The maximum Gasteiger partial charge on any atom is 0.258 e. The van der Waals surface area contributed by atoms with Gasteiger partial charge in [0.25, 0.3) is 5.91 Å². The number of hydrogen-bond donors (Lipinski definition) is 4. The Hall–Kier alpha value is -4.49. The number of carbonyl (C=O) groups is 5. The van der Waals surface area contributed by atoms with Crippen LogP contribution in [0.5, 0.6) is 5.75 Å². The van der Waals surface area contributed by atoms with Crippen molar-refractivity contribution in [1.82, 2.24) is 25.8 Å². The second-order valence-corrected chi connectivity index (χ2v) is 12.9. The minimum absolute atomic E-state index is 0.0354. The molecule has 0 aliphatic carbocycles. The lowest BCUT2D eigenvalue weighted by Crippen LogP contribution is -2.57. The van der Waals surface area contributed by atoms with E-state index in [9.17, 15) is 29.1 Å². The largest absolute Gasteiger partial charge is 0.484 e. The zero-order chi connectivity index (χ0) is 34.1. The number of benzene rings is 2. The minimum Gasteiger partial charge on any atom is -0.484 e. The lowest BCUT2D eigenvalue weighted by Gasteiger charge is -2.42. The van der Waals surface area contributed by atoms with Gasteiger partial charge < -0.3 is 40.3 Å². The second-order valence-electron chi connectivity index (χ2n) is 12.9. The fraction of sp³-hybridized carbons (Fsp3) is 0.514. The zero-order valence-corrected chi connectivity index (χ0v) is 27.3. The van der Waals surface area contributed by atoms with Crippen LogP contribution in [0.4, 0.5) is 0 Å². The van der Waals surface area contributed by atoms with Crippen molar-refractivity contribution in [2.24, 2.45) is 5.41 Å². The fourth-order valence-electron chi connectivity index (χ4n) is 6.65. The van der Waals surface area contributed by atoms with Crippen molar-refractivity contribution in [2.75, 3.05) is 46.0 Å². The molecule has 13 heteroatoms. The third-order valence-electron chi connectivity index (χ3n) is 9.40. The summed E-state index contributed by atoms with van der Waals surface area (Å²) in [4.78, 5) is 68.7. The van der Waals surface area contributed by atoms with Crippen molar-refractivity contribution in [3.05, 3.63) is 65.7 Å². The van der Waals surface area contributed by atoms with Crippen molar-refractivity contribution in [1.29, 1.82) is 0 Å². The number of likely N-dealkylation sites (tertiary alicyclic amines) is 1. The molecule has 258 valence electrons. The van der Waals surface area contributed by atoms with Crippen LogP contribution in [-0.2, 0) is 41.7 Å². The lowest BCUT2D eigenvalue weighted by atomic mass is 9.73. The van der Waals surface area contributed by atoms with Crippen molar-refractivity contribution in [3.8, 4) is 5.75 Å². The first-order valence-corrected chi connectivity index (χ1v) is 16.6. The molecule has 0 aromatic heterocycles. The molecule has 5 rings (SSSR count). The Bertz CT molecular complexity index is 1460. The molecule has 3 aliphatic heterocycles. The number of nitrogens with zero attached hydrogens (tertiary/aromatic N) is 2. The third kappa shape index (κ3) is 8.90. The SMILES string of the molecule is C[C@@H]1NC(=O)COc2cccc(c2)CC2(CCN(C(=O)COCc3ccccc3)CC2)CNC(=O)[C@H](CO)NC(=O)[C@@H]2CCCN2C1=O. The molecule has 13 nitrogen and oxygen atoms in total. The number of fused-ring (bicyclic) bond motifs is 3. The first-order chi connectivity index (χ1) is 23.2. The van der Waals surface area contributed by atoms with Gasteiger partial charge in [-0.3, -0.25) is 24.0 Å². The van der Waals surface area contributed by atoms with E-state index in [0.717, 1.165) is 11.1 Å².